The van der Waals surface area contributed by atoms with Crippen LogP contribution in [0.2, 0.25) is 0 Å². The average molecular weight is 334 g/mol. The monoisotopic (exact) mass is 334 g/mol. The lowest BCUT2D eigenvalue weighted by Gasteiger charge is -2.37. The summed E-state index contributed by atoms with van der Waals surface area (Å²) >= 11 is 0. The molecule has 0 radical (unpaired) electrons. The van der Waals surface area contributed by atoms with Crippen molar-refractivity contribution in [3.8, 4) is 0 Å². The van der Waals surface area contributed by atoms with E-state index in [9.17, 15) is 29.1 Å². The Morgan fingerprint density at radius 2 is 1.50 bits per heavy atom. The number of Topliss-reactive ketones (excluding diaryl/α,β-unsaturated/α-hetero) is 1. The largest absolute Gasteiger partial charge is 0.481 e. The third-order valence-corrected chi connectivity index (χ3v) is 6.70. The number of carbonyl (C=O) groups is 5. The summed E-state index contributed by atoms with van der Waals surface area (Å²) in [5.41, 5.74) is 0. The maximum Gasteiger partial charge on any atom is 0.317 e. The van der Waals surface area contributed by atoms with Crippen LogP contribution in [0.1, 0.15) is 25.7 Å². The number of fused-ring (bicyclic) bond motifs is 4. The van der Waals surface area contributed by atoms with Gasteiger partial charge >= 0.3 is 17.9 Å². The molecule has 3 saturated carbocycles. The Kier molecular flexibility index (Phi) is 3.37. The molecule has 0 aromatic heterocycles. The van der Waals surface area contributed by atoms with Crippen molar-refractivity contribution in [3.05, 3.63) is 0 Å². The van der Waals surface area contributed by atoms with Crippen LogP contribution in [0.25, 0.3) is 0 Å². The van der Waals surface area contributed by atoms with Gasteiger partial charge in [0, 0.05) is 17.8 Å². The van der Waals surface area contributed by atoms with Crippen molar-refractivity contribution in [2.45, 2.75) is 25.7 Å². The molecule has 0 spiro atoms. The van der Waals surface area contributed by atoms with Gasteiger partial charge in [0.1, 0.15) is 12.1 Å². The molecule has 4 fully saturated rings. The van der Waals surface area contributed by atoms with Gasteiger partial charge in [-0.25, -0.2) is 0 Å². The van der Waals surface area contributed by atoms with Crippen molar-refractivity contribution in [2.75, 3.05) is 0 Å². The molecule has 0 bridgehead atoms. The molecule has 0 aromatic rings. The summed E-state index contributed by atoms with van der Waals surface area (Å²) in [6, 6.07) is 0. The van der Waals surface area contributed by atoms with Crippen LogP contribution < -0.4 is 0 Å². The van der Waals surface area contributed by atoms with Crippen LogP contribution in [0.5, 0.6) is 0 Å². The van der Waals surface area contributed by atoms with E-state index in [4.69, 9.17) is 4.74 Å². The van der Waals surface area contributed by atoms with Crippen LogP contribution in [0.3, 0.4) is 0 Å². The molecule has 1 aliphatic heterocycles. The van der Waals surface area contributed by atoms with Gasteiger partial charge in [-0.2, -0.15) is 0 Å². The van der Waals surface area contributed by atoms with E-state index in [1.807, 2.05) is 0 Å². The number of cyclic esters (lactones) is 2. The van der Waals surface area contributed by atoms with Crippen LogP contribution in [-0.2, 0) is 28.7 Å². The first-order valence-corrected chi connectivity index (χ1v) is 8.39. The summed E-state index contributed by atoms with van der Waals surface area (Å²) < 4.78 is 4.71. The molecule has 128 valence electrons. The molecular weight excluding hydrogens is 316 g/mol. The van der Waals surface area contributed by atoms with Gasteiger partial charge in [0.15, 0.2) is 0 Å². The second-order valence-electron chi connectivity index (χ2n) is 7.58. The zero-order chi connectivity index (χ0) is 17.2. The number of ketones is 1. The highest BCUT2D eigenvalue weighted by Crippen LogP contribution is 2.57. The van der Waals surface area contributed by atoms with Gasteiger partial charge in [-0.3, -0.25) is 19.2 Å². The van der Waals surface area contributed by atoms with Crippen LogP contribution in [0.15, 0.2) is 0 Å². The molecule has 1 N–H and O–H groups in total. The van der Waals surface area contributed by atoms with Crippen LogP contribution >= 0.6 is 0 Å². The molecule has 24 heavy (non-hydrogen) atoms. The fourth-order valence-corrected chi connectivity index (χ4v) is 5.58. The Morgan fingerprint density at radius 3 is 2.12 bits per heavy atom. The van der Waals surface area contributed by atoms with Gasteiger partial charge in [0.05, 0.1) is 17.8 Å². The SMILES string of the molecule is O=CC1CC2C(=O)C3CC4C(=O)OC(=O)C4CC3C2CC1C(=O)O. The second kappa shape index (κ2) is 5.22. The van der Waals surface area contributed by atoms with Gasteiger partial charge < -0.3 is 14.6 Å². The molecule has 4 aliphatic rings. The molecule has 7 nitrogen and oxygen atoms in total. The molecule has 4 rings (SSSR count). The summed E-state index contributed by atoms with van der Waals surface area (Å²) in [6.45, 7) is 0. The Balaban J connectivity index is 1.63. The summed E-state index contributed by atoms with van der Waals surface area (Å²) in [4.78, 5) is 59.1. The molecule has 0 aromatic carbocycles. The smallest absolute Gasteiger partial charge is 0.317 e. The van der Waals surface area contributed by atoms with Gasteiger partial charge in [-0.1, -0.05) is 0 Å². The third kappa shape index (κ3) is 1.99. The van der Waals surface area contributed by atoms with E-state index in [2.05, 4.69) is 0 Å². The number of aldehydes is 1. The lowest BCUT2D eigenvalue weighted by atomic mass is 9.64. The van der Waals surface area contributed by atoms with E-state index >= 15 is 0 Å². The third-order valence-electron chi connectivity index (χ3n) is 6.70. The van der Waals surface area contributed by atoms with Gasteiger partial charge in [0.2, 0.25) is 0 Å². The molecule has 1 heterocycles. The number of hydrogen-bond acceptors (Lipinski definition) is 6. The number of carbonyl (C=O) groups excluding carboxylic acids is 4. The minimum atomic E-state index is -1.01. The second-order valence-corrected chi connectivity index (χ2v) is 7.58. The standard InChI is InChI=1S/C17H18O7/c18-5-6-1-10-8(2-7(6)15(20)21)9-3-12-13(4-11(9)14(10)19)17(23)24-16(12)22/h5-13H,1-4H2,(H,20,21). The Hall–Kier alpha value is -2.05. The maximum atomic E-state index is 12.8. The minimum absolute atomic E-state index is 0.0336. The fraction of sp³-hybridized carbons (Fsp3) is 0.706. The number of carboxylic acids is 1. The van der Waals surface area contributed by atoms with Crippen molar-refractivity contribution in [1.29, 1.82) is 0 Å². The highest BCUT2D eigenvalue weighted by Gasteiger charge is 2.61. The average Bonchev–Trinajstić information content (AvgIpc) is 2.99. The van der Waals surface area contributed by atoms with Crippen LogP contribution in [-0.4, -0.2) is 35.1 Å². The lowest BCUT2D eigenvalue weighted by Crippen LogP contribution is -2.39. The molecule has 3 aliphatic carbocycles. The van der Waals surface area contributed by atoms with E-state index in [0.29, 0.717) is 19.1 Å². The fourth-order valence-electron chi connectivity index (χ4n) is 5.58. The van der Waals surface area contributed by atoms with Crippen LogP contribution in [0.4, 0.5) is 0 Å². The van der Waals surface area contributed by atoms with Crippen LogP contribution in [0, 0.1) is 47.3 Å². The number of ether oxygens (including phenoxy) is 1. The summed E-state index contributed by atoms with van der Waals surface area (Å²) in [7, 11) is 0. The molecule has 7 heteroatoms. The van der Waals surface area contributed by atoms with E-state index < -0.39 is 41.6 Å². The number of aliphatic carboxylic acids is 1. The first-order valence-electron chi connectivity index (χ1n) is 8.39. The van der Waals surface area contributed by atoms with Gasteiger partial charge in [-0.15, -0.1) is 0 Å². The molecule has 0 amide bonds. The Bertz CT molecular complexity index is 649. The number of carboxylic acid groups (broad SMARTS) is 1. The molecule has 1 saturated heterocycles. The van der Waals surface area contributed by atoms with Crippen molar-refractivity contribution >= 4 is 30.0 Å². The lowest BCUT2D eigenvalue weighted by molar-refractivity contribution is -0.154. The minimum Gasteiger partial charge on any atom is -0.481 e. The quantitative estimate of drug-likeness (QED) is 0.443. The number of hydrogen-bond donors (Lipinski definition) is 1. The van der Waals surface area contributed by atoms with Crippen molar-refractivity contribution in [1.82, 2.24) is 0 Å². The van der Waals surface area contributed by atoms with E-state index in [0.717, 1.165) is 0 Å². The Labute approximate surface area is 137 Å². The maximum absolute atomic E-state index is 12.8. The molecule has 8 unspecified atom stereocenters. The van der Waals surface area contributed by atoms with Crippen molar-refractivity contribution in [3.63, 3.8) is 0 Å². The number of esters is 2. The summed E-state index contributed by atoms with van der Waals surface area (Å²) in [6.07, 6.45) is 1.93. The Morgan fingerprint density at radius 1 is 0.917 bits per heavy atom. The summed E-state index contributed by atoms with van der Waals surface area (Å²) in [5, 5.41) is 9.39. The van der Waals surface area contributed by atoms with Gasteiger partial charge in [-0.05, 0) is 37.5 Å². The molecule has 8 atom stereocenters. The van der Waals surface area contributed by atoms with E-state index in [1.165, 1.54) is 0 Å². The zero-order valence-electron chi connectivity index (χ0n) is 12.9. The van der Waals surface area contributed by atoms with E-state index in [-0.39, 0.29) is 42.3 Å². The predicted molar refractivity (Wildman–Crippen MR) is 76.2 cm³/mol. The highest BCUT2D eigenvalue weighted by atomic mass is 16.6. The highest BCUT2D eigenvalue weighted by molar-refractivity contribution is 5.98. The normalized spacial score (nSPS) is 46.8. The predicted octanol–water partition coefficient (Wildman–Crippen LogP) is 0.453. The van der Waals surface area contributed by atoms with Crippen molar-refractivity contribution in [2.24, 2.45) is 47.3 Å². The first kappa shape index (κ1) is 15.5. The molecular formula is C17H18O7. The van der Waals surface area contributed by atoms with Gasteiger partial charge in [0.25, 0.3) is 0 Å². The summed E-state index contributed by atoms with van der Waals surface area (Å²) in [5.74, 6) is -5.34. The van der Waals surface area contributed by atoms with Crippen molar-refractivity contribution < 1.29 is 33.8 Å². The van der Waals surface area contributed by atoms with E-state index in [1.54, 1.807) is 0 Å². The first-order chi connectivity index (χ1) is 11.4. The topological polar surface area (TPSA) is 115 Å². The number of rotatable bonds is 2. The zero-order valence-corrected chi connectivity index (χ0v) is 12.9.